The van der Waals surface area contributed by atoms with Crippen LogP contribution in [0.4, 0.5) is 0 Å². The third-order valence-electron chi connectivity index (χ3n) is 2.81. The quantitative estimate of drug-likeness (QED) is 0.641. The van der Waals surface area contributed by atoms with Crippen molar-refractivity contribution in [3.63, 3.8) is 0 Å². The van der Waals surface area contributed by atoms with Gasteiger partial charge in [-0.15, -0.1) is 0 Å². The van der Waals surface area contributed by atoms with E-state index in [-0.39, 0.29) is 5.91 Å². The van der Waals surface area contributed by atoms with Crippen LogP contribution in [0, 0.1) is 0 Å². The number of methoxy groups -OCH3 is 1. The van der Waals surface area contributed by atoms with Crippen molar-refractivity contribution < 1.29 is 14.3 Å². The Morgan fingerprint density at radius 3 is 3.06 bits per heavy atom. The molecule has 1 aliphatic rings. The molecule has 1 unspecified atom stereocenters. The van der Waals surface area contributed by atoms with Gasteiger partial charge in [0, 0.05) is 33.3 Å². The Kier molecular flexibility index (Phi) is 7.17. The molecule has 1 fully saturated rings. The molecule has 1 amide bonds. The molecule has 0 aromatic rings. The highest BCUT2D eigenvalue weighted by Gasteiger charge is 2.14. The molecule has 0 spiro atoms. The second kappa shape index (κ2) is 8.53. The van der Waals surface area contributed by atoms with E-state index in [1.165, 1.54) is 0 Å². The van der Waals surface area contributed by atoms with Gasteiger partial charge in [0.25, 0.3) is 0 Å². The van der Waals surface area contributed by atoms with Gasteiger partial charge in [-0.2, -0.15) is 0 Å². The summed E-state index contributed by atoms with van der Waals surface area (Å²) in [6.45, 7) is 2.37. The summed E-state index contributed by atoms with van der Waals surface area (Å²) in [4.78, 5) is 11.4. The summed E-state index contributed by atoms with van der Waals surface area (Å²) in [6.07, 6.45) is 6.08. The third kappa shape index (κ3) is 6.08. The number of amides is 1. The van der Waals surface area contributed by atoms with Crippen LogP contribution in [0.2, 0.25) is 0 Å². The average Bonchev–Trinajstić information content (AvgIpc) is 2.77. The highest BCUT2D eigenvalue weighted by atomic mass is 16.5. The SMILES string of the molecule is COCCCCC(=O)NCCC1CCCO1. The molecule has 1 atom stereocenters. The lowest BCUT2D eigenvalue weighted by atomic mass is 10.2. The molecule has 94 valence electrons. The van der Waals surface area contributed by atoms with Gasteiger partial charge in [0.1, 0.15) is 0 Å². The molecule has 0 aliphatic carbocycles. The monoisotopic (exact) mass is 229 g/mol. The normalized spacial score (nSPS) is 19.9. The van der Waals surface area contributed by atoms with Crippen molar-refractivity contribution in [3.8, 4) is 0 Å². The van der Waals surface area contributed by atoms with Crippen LogP contribution in [-0.2, 0) is 14.3 Å². The van der Waals surface area contributed by atoms with Crippen molar-refractivity contribution in [1.29, 1.82) is 0 Å². The van der Waals surface area contributed by atoms with Gasteiger partial charge in [-0.05, 0) is 32.1 Å². The van der Waals surface area contributed by atoms with Gasteiger partial charge in [-0.25, -0.2) is 0 Å². The minimum atomic E-state index is 0.147. The van der Waals surface area contributed by atoms with Crippen LogP contribution < -0.4 is 5.32 Å². The Bertz CT molecular complexity index is 191. The van der Waals surface area contributed by atoms with Crippen molar-refractivity contribution in [1.82, 2.24) is 5.32 Å². The molecule has 4 heteroatoms. The van der Waals surface area contributed by atoms with E-state index in [0.717, 1.165) is 51.9 Å². The van der Waals surface area contributed by atoms with E-state index >= 15 is 0 Å². The first kappa shape index (κ1) is 13.5. The number of carbonyl (C=O) groups is 1. The van der Waals surface area contributed by atoms with Gasteiger partial charge in [0.15, 0.2) is 0 Å². The Morgan fingerprint density at radius 2 is 2.38 bits per heavy atom. The minimum Gasteiger partial charge on any atom is -0.385 e. The van der Waals surface area contributed by atoms with Crippen LogP contribution in [0.15, 0.2) is 0 Å². The first-order valence-electron chi connectivity index (χ1n) is 6.20. The Labute approximate surface area is 97.7 Å². The molecular weight excluding hydrogens is 206 g/mol. The number of ether oxygens (including phenoxy) is 2. The number of nitrogens with one attached hydrogen (secondary N) is 1. The molecule has 1 saturated heterocycles. The molecule has 16 heavy (non-hydrogen) atoms. The van der Waals surface area contributed by atoms with E-state index in [1.807, 2.05) is 0 Å². The predicted molar refractivity (Wildman–Crippen MR) is 62.3 cm³/mol. The molecule has 1 N–H and O–H groups in total. The first-order chi connectivity index (χ1) is 7.83. The minimum absolute atomic E-state index is 0.147. The molecular formula is C12H23NO3. The molecule has 0 aromatic heterocycles. The van der Waals surface area contributed by atoms with Crippen LogP contribution in [0.1, 0.15) is 38.5 Å². The summed E-state index contributed by atoms with van der Waals surface area (Å²) in [6, 6.07) is 0. The number of rotatable bonds is 8. The van der Waals surface area contributed by atoms with Gasteiger partial charge < -0.3 is 14.8 Å². The van der Waals surface area contributed by atoms with Crippen LogP contribution in [0.3, 0.4) is 0 Å². The lowest BCUT2D eigenvalue weighted by molar-refractivity contribution is -0.121. The van der Waals surface area contributed by atoms with E-state index in [4.69, 9.17) is 9.47 Å². The molecule has 1 aliphatic heterocycles. The number of unbranched alkanes of at least 4 members (excludes halogenated alkanes) is 1. The Morgan fingerprint density at radius 1 is 1.50 bits per heavy atom. The highest BCUT2D eigenvalue weighted by Crippen LogP contribution is 2.14. The smallest absolute Gasteiger partial charge is 0.219 e. The number of carbonyl (C=O) groups excluding carboxylic acids is 1. The maximum Gasteiger partial charge on any atom is 0.219 e. The Balaban J connectivity index is 1.89. The van der Waals surface area contributed by atoms with E-state index in [2.05, 4.69) is 5.32 Å². The van der Waals surface area contributed by atoms with Gasteiger partial charge in [0.05, 0.1) is 6.10 Å². The van der Waals surface area contributed by atoms with Crippen LogP contribution >= 0.6 is 0 Å². The van der Waals surface area contributed by atoms with Crippen molar-refractivity contribution >= 4 is 5.91 Å². The van der Waals surface area contributed by atoms with Crippen LogP contribution in [0.5, 0.6) is 0 Å². The lowest BCUT2D eigenvalue weighted by Gasteiger charge is -2.09. The zero-order valence-corrected chi connectivity index (χ0v) is 10.2. The number of hydrogen-bond acceptors (Lipinski definition) is 3. The Hall–Kier alpha value is -0.610. The molecule has 0 saturated carbocycles. The van der Waals surface area contributed by atoms with Crippen molar-refractivity contribution in [3.05, 3.63) is 0 Å². The molecule has 1 rings (SSSR count). The fourth-order valence-electron chi connectivity index (χ4n) is 1.86. The van der Waals surface area contributed by atoms with Crippen molar-refractivity contribution in [2.24, 2.45) is 0 Å². The highest BCUT2D eigenvalue weighted by molar-refractivity contribution is 5.75. The second-order valence-electron chi connectivity index (χ2n) is 4.22. The van der Waals surface area contributed by atoms with E-state index in [1.54, 1.807) is 7.11 Å². The van der Waals surface area contributed by atoms with Gasteiger partial charge >= 0.3 is 0 Å². The summed E-state index contributed by atoms with van der Waals surface area (Å²) >= 11 is 0. The van der Waals surface area contributed by atoms with Crippen LogP contribution in [-0.4, -0.2) is 38.9 Å². The summed E-state index contributed by atoms with van der Waals surface area (Å²) in [5.41, 5.74) is 0. The first-order valence-corrected chi connectivity index (χ1v) is 6.20. The lowest BCUT2D eigenvalue weighted by Crippen LogP contribution is -2.26. The zero-order valence-electron chi connectivity index (χ0n) is 10.2. The largest absolute Gasteiger partial charge is 0.385 e. The second-order valence-corrected chi connectivity index (χ2v) is 4.22. The van der Waals surface area contributed by atoms with E-state index in [0.29, 0.717) is 12.5 Å². The topological polar surface area (TPSA) is 47.6 Å². The maximum atomic E-state index is 11.4. The summed E-state index contributed by atoms with van der Waals surface area (Å²) in [5.74, 6) is 0.147. The molecule has 1 heterocycles. The van der Waals surface area contributed by atoms with Gasteiger partial charge in [0.2, 0.25) is 5.91 Å². The van der Waals surface area contributed by atoms with Crippen LogP contribution in [0.25, 0.3) is 0 Å². The molecule has 0 radical (unpaired) electrons. The summed E-state index contributed by atoms with van der Waals surface area (Å²) in [5, 5.41) is 2.93. The average molecular weight is 229 g/mol. The molecule has 4 nitrogen and oxygen atoms in total. The summed E-state index contributed by atoms with van der Waals surface area (Å²) < 4.78 is 10.4. The maximum absolute atomic E-state index is 11.4. The van der Waals surface area contributed by atoms with Gasteiger partial charge in [-0.3, -0.25) is 4.79 Å². The summed E-state index contributed by atoms with van der Waals surface area (Å²) in [7, 11) is 1.68. The standard InChI is InChI=1S/C12H23NO3/c1-15-9-3-2-6-12(14)13-8-7-11-5-4-10-16-11/h11H,2-10H2,1H3,(H,13,14). The van der Waals surface area contributed by atoms with E-state index < -0.39 is 0 Å². The van der Waals surface area contributed by atoms with E-state index in [9.17, 15) is 4.79 Å². The van der Waals surface area contributed by atoms with Crippen molar-refractivity contribution in [2.45, 2.75) is 44.6 Å². The van der Waals surface area contributed by atoms with Gasteiger partial charge in [-0.1, -0.05) is 0 Å². The predicted octanol–water partition coefficient (Wildman–Crippen LogP) is 1.49. The zero-order chi connectivity index (χ0) is 11.6. The fraction of sp³-hybridized carbons (Fsp3) is 0.917. The number of hydrogen-bond donors (Lipinski definition) is 1. The molecule has 0 bridgehead atoms. The van der Waals surface area contributed by atoms with Crippen molar-refractivity contribution in [2.75, 3.05) is 26.9 Å². The fourth-order valence-corrected chi connectivity index (χ4v) is 1.86. The molecule has 0 aromatic carbocycles. The third-order valence-corrected chi connectivity index (χ3v) is 2.81.